The van der Waals surface area contributed by atoms with Crippen molar-refractivity contribution < 1.29 is 0 Å². The highest BCUT2D eigenvalue weighted by Crippen LogP contribution is 2.57. The monoisotopic (exact) mass is 638 g/mol. The fourth-order valence-corrected chi connectivity index (χ4v) is 7.78. The van der Waals surface area contributed by atoms with Gasteiger partial charge in [-0.3, -0.25) is 0 Å². The van der Waals surface area contributed by atoms with Gasteiger partial charge in [-0.05, 0) is 128 Å². The molecule has 6 aromatic rings. The van der Waals surface area contributed by atoms with E-state index in [-0.39, 0.29) is 10.8 Å². The Morgan fingerprint density at radius 2 is 0.612 bits per heavy atom. The Kier molecular flexibility index (Phi) is 7.86. The first kappa shape index (κ1) is 32.8. The molecule has 0 aromatic heterocycles. The molecule has 0 atom stereocenters. The van der Waals surface area contributed by atoms with E-state index in [0.29, 0.717) is 0 Å². The van der Waals surface area contributed by atoms with Crippen molar-refractivity contribution in [2.45, 2.75) is 85.5 Å². The highest BCUT2D eigenvalue weighted by atomic mass is 14.5. The lowest BCUT2D eigenvalue weighted by Gasteiger charge is -2.35. The van der Waals surface area contributed by atoms with Crippen LogP contribution < -0.4 is 0 Å². The van der Waals surface area contributed by atoms with Crippen molar-refractivity contribution in [1.29, 1.82) is 0 Å². The number of hydrogen-bond acceptors (Lipinski definition) is 0. The maximum Gasteiger partial charge on any atom is 0.0713 e. The molecule has 1 aliphatic rings. The van der Waals surface area contributed by atoms with Crippen LogP contribution in [0.3, 0.4) is 0 Å². The van der Waals surface area contributed by atoms with E-state index in [4.69, 9.17) is 0 Å². The zero-order valence-electron chi connectivity index (χ0n) is 31.0. The van der Waals surface area contributed by atoms with Crippen LogP contribution in [-0.2, 0) is 16.2 Å². The van der Waals surface area contributed by atoms with E-state index in [0.717, 1.165) is 0 Å². The Morgan fingerprint density at radius 1 is 0.347 bits per heavy atom. The molecule has 49 heavy (non-hydrogen) atoms. The van der Waals surface area contributed by atoms with Crippen LogP contribution in [0.15, 0.2) is 121 Å². The Labute approximate surface area is 294 Å². The standard InChI is InChI=1S/C49H50/c1-31-27-43-44-28-32(2)34(4)30-46(44)49(45(43)29-33(31)3,41-23-15-37(16-24-41)35-11-19-39(20-12-35)47(5,6)7)42-25-17-38(18-26-42)36-13-21-40(22-14-36)48(8,9)10/h11-30H,1-10H3. The lowest BCUT2D eigenvalue weighted by Crippen LogP contribution is -2.29. The highest BCUT2D eigenvalue weighted by molar-refractivity contribution is 5.88. The van der Waals surface area contributed by atoms with Gasteiger partial charge < -0.3 is 0 Å². The molecule has 6 aromatic carbocycles. The van der Waals surface area contributed by atoms with E-state index >= 15 is 0 Å². The molecule has 0 unspecified atom stereocenters. The molecule has 0 radical (unpaired) electrons. The fourth-order valence-electron chi connectivity index (χ4n) is 7.78. The van der Waals surface area contributed by atoms with Gasteiger partial charge in [-0.15, -0.1) is 0 Å². The highest BCUT2D eigenvalue weighted by Gasteiger charge is 2.46. The van der Waals surface area contributed by atoms with Crippen LogP contribution in [0, 0.1) is 27.7 Å². The molecular formula is C49H50. The maximum absolute atomic E-state index is 2.47. The summed E-state index contributed by atoms with van der Waals surface area (Å²) in [6.07, 6.45) is 0. The number of benzene rings is 6. The molecule has 7 rings (SSSR count). The minimum Gasteiger partial charge on any atom is -0.0579 e. The molecule has 246 valence electrons. The summed E-state index contributed by atoms with van der Waals surface area (Å²) in [6.45, 7) is 22.6. The van der Waals surface area contributed by atoms with Crippen molar-refractivity contribution in [3.05, 3.63) is 177 Å². The minimum atomic E-state index is -0.440. The normalized spacial score (nSPS) is 13.7. The van der Waals surface area contributed by atoms with Gasteiger partial charge in [0.2, 0.25) is 0 Å². The van der Waals surface area contributed by atoms with Crippen molar-refractivity contribution in [3.63, 3.8) is 0 Å². The van der Waals surface area contributed by atoms with Crippen LogP contribution in [0.1, 0.15) is 97.2 Å². The topological polar surface area (TPSA) is 0 Å². The summed E-state index contributed by atoms with van der Waals surface area (Å²) in [6, 6.07) is 46.9. The van der Waals surface area contributed by atoms with Gasteiger partial charge in [-0.2, -0.15) is 0 Å². The molecule has 0 amide bonds. The van der Waals surface area contributed by atoms with Crippen molar-refractivity contribution in [2.24, 2.45) is 0 Å². The first-order valence-corrected chi connectivity index (χ1v) is 17.8. The maximum atomic E-state index is 2.47. The second kappa shape index (κ2) is 11.7. The lowest BCUT2D eigenvalue weighted by atomic mass is 9.67. The Bertz CT molecular complexity index is 2000. The average Bonchev–Trinajstić information content (AvgIpc) is 3.33. The molecule has 0 saturated heterocycles. The molecule has 0 heterocycles. The molecule has 1 aliphatic carbocycles. The van der Waals surface area contributed by atoms with Gasteiger partial charge in [0.15, 0.2) is 0 Å². The smallest absolute Gasteiger partial charge is 0.0579 e. The van der Waals surface area contributed by atoms with Gasteiger partial charge in [0, 0.05) is 0 Å². The predicted octanol–water partition coefficient (Wildman–Crippen LogP) is 13.2. The van der Waals surface area contributed by atoms with Gasteiger partial charge in [-0.1, -0.05) is 163 Å². The largest absolute Gasteiger partial charge is 0.0713 e. The van der Waals surface area contributed by atoms with Crippen molar-refractivity contribution in [1.82, 2.24) is 0 Å². The second-order valence-corrected chi connectivity index (χ2v) is 16.5. The molecule has 0 fully saturated rings. The van der Waals surface area contributed by atoms with Gasteiger partial charge in [0.25, 0.3) is 0 Å². The molecule has 0 heteroatoms. The zero-order valence-corrected chi connectivity index (χ0v) is 31.0. The van der Waals surface area contributed by atoms with Crippen LogP contribution in [-0.4, -0.2) is 0 Å². The Hall–Kier alpha value is -4.68. The SMILES string of the molecule is Cc1cc2c(cc1C)C(c1ccc(-c3ccc(C(C)(C)C)cc3)cc1)(c1ccc(-c3ccc(C(C)(C)C)cc3)cc1)c1cc(C)c(C)cc1-2. The summed E-state index contributed by atoms with van der Waals surface area (Å²) in [5.74, 6) is 0. The lowest BCUT2D eigenvalue weighted by molar-refractivity contribution is 0.590. The van der Waals surface area contributed by atoms with E-state index in [1.807, 2.05) is 0 Å². The first-order chi connectivity index (χ1) is 23.2. The summed E-state index contributed by atoms with van der Waals surface area (Å²) in [7, 11) is 0. The van der Waals surface area contributed by atoms with E-state index in [1.165, 1.54) is 89.0 Å². The van der Waals surface area contributed by atoms with Crippen molar-refractivity contribution in [3.8, 4) is 33.4 Å². The fraction of sp³-hybridized carbons (Fsp3) is 0.265. The number of rotatable bonds is 4. The summed E-state index contributed by atoms with van der Waals surface area (Å²) in [5.41, 5.74) is 20.9. The molecule has 0 N–H and O–H groups in total. The van der Waals surface area contributed by atoms with Crippen molar-refractivity contribution in [2.75, 3.05) is 0 Å². The van der Waals surface area contributed by atoms with Crippen LogP contribution in [0.5, 0.6) is 0 Å². The van der Waals surface area contributed by atoms with Crippen molar-refractivity contribution >= 4 is 0 Å². The molecule has 0 spiro atoms. The quantitative estimate of drug-likeness (QED) is 0.180. The van der Waals surface area contributed by atoms with Crippen LogP contribution in [0.2, 0.25) is 0 Å². The third kappa shape index (κ3) is 5.56. The van der Waals surface area contributed by atoms with Gasteiger partial charge >= 0.3 is 0 Å². The summed E-state index contributed by atoms with van der Waals surface area (Å²) in [5, 5.41) is 0. The van der Waals surface area contributed by atoms with Gasteiger partial charge in [-0.25, -0.2) is 0 Å². The summed E-state index contributed by atoms with van der Waals surface area (Å²) >= 11 is 0. The third-order valence-corrected chi connectivity index (χ3v) is 11.2. The molecule has 0 saturated carbocycles. The number of hydrogen-bond donors (Lipinski definition) is 0. The number of fused-ring (bicyclic) bond motifs is 3. The Balaban J connectivity index is 1.42. The number of aryl methyl sites for hydroxylation is 4. The predicted molar refractivity (Wildman–Crippen MR) is 211 cm³/mol. The van der Waals surface area contributed by atoms with E-state index < -0.39 is 5.41 Å². The van der Waals surface area contributed by atoms with E-state index in [1.54, 1.807) is 0 Å². The zero-order chi connectivity index (χ0) is 34.9. The van der Waals surface area contributed by atoms with Crippen LogP contribution in [0.4, 0.5) is 0 Å². The van der Waals surface area contributed by atoms with Gasteiger partial charge in [0.05, 0.1) is 5.41 Å². The summed E-state index contributed by atoms with van der Waals surface area (Å²) in [4.78, 5) is 0. The third-order valence-electron chi connectivity index (χ3n) is 11.2. The molecular weight excluding hydrogens is 589 g/mol. The van der Waals surface area contributed by atoms with Gasteiger partial charge in [0.1, 0.15) is 0 Å². The summed E-state index contributed by atoms with van der Waals surface area (Å²) < 4.78 is 0. The molecule has 0 aliphatic heterocycles. The van der Waals surface area contributed by atoms with Crippen LogP contribution >= 0.6 is 0 Å². The van der Waals surface area contributed by atoms with Crippen LogP contribution in [0.25, 0.3) is 33.4 Å². The first-order valence-electron chi connectivity index (χ1n) is 17.8. The van der Waals surface area contributed by atoms with E-state index in [2.05, 4.69) is 191 Å². The van der Waals surface area contributed by atoms with E-state index in [9.17, 15) is 0 Å². The molecule has 0 nitrogen and oxygen atoms in total. The average molecular weight is 639 g/mol. The minimum absolute atomic E-state index is 0.135. The second-order valence-electron chi connectivity index (χ2n) is 16.5. The Morgan fingerprint density at radius 3 is 0.898 bits per heavy atom. The molecule has 0 bridgehead atoms.